The number of hydrogen-bond donors (Lipinski definition) is 2. The van der Waals surface area contributed by atoms with Crippen LogP contribution in [0.25, 0.3) is 0 Å². The summed E-state index contributed by atoms with van der Waals surface area (Å²) in [5, 5.41) is 5.47. The molecule has 2 N–H and O–H groups in total. The molecule has 1 aliphatic carbocycles. The highest BCUT2D eigenvalue weighted by Gasteiger charge is 2.43. The lowest BCUT2D eigenvalue weighted by molar-refractivity contribution is -0.130. The van der Waals surface area contributed by atoms with E-state index in [1.807, 2.05) is 11.8 Å². The molecular weight excluding hydrogens is 284 g/mol. The van der Waals surface area contributed by atoms with Crippen molar-refractivity contribution in [2.75, 3.05) is 19.6 Å². The van der Waals surface area contributed by atoms with Gasteiger partial charge in [0.1, 0.15) is 6.04 Å². The minimum absolute atomic E-state index is 0.0325. The van der Waals surface area contributed by atoms with E-state index in [1.54, 1.807) is 4.90 Å². The molecule has 2 saturated heterocycles. The highest BCUT2D eigenvalue weighted by atomic mass is 16.2. The maximum atomic E-state index is 12.4. The van der Waals surface area contributed by atoms with Gasteiger partial charge >= 0.3 is 6.03 Å². The summed E-state index contributed by atoms with van der Waals surface area (Å²) in [6.45, 7) is 3.42. The zero-order chi connectivity index (χ0) is 15.7. The quantitative estimate of drug-likeness (QED) is 0.722. The molecule has 22 heavy (non-hydrogen) atoms. The number of hydrogen-bond acceptors (Lipinski definition) is 4. The van der Waals surface area contributed by atoms with Crippen molar-refractivity contribution >= 4 is 17.8 Å². The summed E-state index contributed by atoms with van der Waals surface area (Å²) in [7, 11) is 0. The second-order valence-corrected chi connectivity index (χ2v) is 6.52. The van der Waals surface area contributed by atoms with Crippen LogP contribution in [0.4, 0.5) is 4.79 Å². The number of piperazine rings is 1. The highest BCUT2D eigenvalue weighted by molar-refractivity contribution is 6.04. The van der Waals surface area contributed by atoms with E-state index in [2.05, 4.69) is 10.6 Å². The molecule has 0 aromatic heterocycles. The number of carbonyl (C=O) groups is 3. The first-order valence-corrected chi connectivity index (χ1v) is 8.22. The van der Waals surface area contributed by atoms with E-state index in [1.165, 1.54) is 19.3 Å². The zero-order valence-corrected chi connectivity index (χ0v) is 13.0. The summed E-state index contributed by atoms with van der Waals surface area (Å²) < 4.78 is 0. The van der Waals surface area contributed by atoms with Gasteiger partial charge in [0.15, 0.2) is 0 Å². The number of fused-ring (bicyclic) bond motifs is 1. The highest BCUT2D eigenvalue weighted by Crippen LogP contribution is 2.19. The normalized spacial score (nSPS) is 28.2. The minimum Gasteiger partial charge on any atom is -0.352 e. The third-order valence-electron chi connectivity index (χ3n) is 5.08. The van der Waals surface area contributed by atoms with Crippen molar-refractivity contribution in [3.8, 4) is 0 Å². The standard InChI is InChI=1S/C15H24N4O3/c1-10(13(20)16-11-5-3-2-4-6-11)18-7-8-19-12(9-18)14(21)17-15(19)22/h10-12H,2-9H2,1H3,(H,16,20)(H,17,21,22)/t10-,12-/m1/s1. The predicted octanol–water partition coefficient (Wildman–Crippen LogP) is 0.0598. The lowest BCUT2D eigenvalue weighted by atomic mass is 9.95. The van der Waals surface area contributed by atoms with Crippen molar-refractivity contribution in [1.82, 2.24) is 20.4 Å². The van der Waals surface area contributed by atoms with E-state index in [4.69, 9.17) is 0 Å². The van der Waals surface area contributed by atoms with Gasteiger partial charge in [-0.2, -0.15) is 0 Å². The zero-order valence-electron chi connectivity index (χ0n) is 13.0. The van der Waals surface area contributed by atoms with E-state index >= 15 is 0 Å². The molecule has 0 spiro atoms. The van der Waals surface area contributed by atoms with Gasteiger partial charge in [-0.1, -0.05) is 19.3 Å². The molecule has 0 unspecified atom stereocenters. The largest absolute Gasteiger partial charge is 0.352 e. The molecule has 3 rings (SSSR count). The Labute approximate surface area is 130 Å². The maximum Gasteiger partial charge on any atom is 0.324 e. The Balaban J connectivity index is 1.56. The Morgan fingerprint density at radius 3 is 2.68 bits per heavy atom. The second kappa shape index (κ2) is 6.24. The molecule has 0 radical (unpaired) electrons. The van der Waals surface area contributed by atoms with Crippen LogP contribution in [-0.4, -0.2) is 65.4 Å². The van der Waals surface area contributed by atoms with Crippen molar-refractivity contribution in [3.05, 3.63) is 0 Å². The van der Waals surface area contributed by atoms with Crippen molar-refractivity contribution in [2.24, 2.45) is 0 Å². The first kappa shape index (κ1) is 15.3. The molecule has 7 nitrogen and oxygen atoms in total. The molecule has 2 atom stereocenters. The van der Waals surface area contributed by atoms with Gasteiger partial charge < -0.3 is 10.2 Å². The summed E-state index contributed by atoms with van der Waals surface area (Å²) in [6, 6.07) is -0.742. The molecule has 0 aromatic carbocycles. The van der Waals surface area contributed by atoms with Crippen molar-refractivity contribution in [3.63, 3.8) is 0 Å². The van der Waals surface area contributed by atoms with Crippen LogP contribution in [0.5, 0.6) is 0 Å². The Hall–Kier alpha value is -1.63. The molecule has 2 heterocycles. The average Bonchev–Trinajstić information content (AvgIpc) is 2.82. The molecule has 2 aliphatic heterocycles. The van der Waals surface area contributed by atoms with Gasteiger partial charge in [0.25, 0.3) is 5.91 Å². The lowest BCUT2D eigenvalue weighted by Gasteiger charge is -2.38. The first-order chi connectivity index (χ1) is 10.6. The summed E-state index contributed by atoms with van der Waals surface area (Å²) in [4.78, 5) is 39.3. The number of imide groups is 1. The summed E-state index contributed by atoms with van der Waals surface area (Å²) in [6.07, 6.45) is 5.75. The maximum absolute atomic E-state index is 12.4. The Morgan fingerprint density at radius 1 is 1.23 bits per heavy atom. The molecule has 1 saturated carbocycles. The fourth-order valence-corrected chi connectivity index (χ4v) is 3.62. The van der Waals surface area contributed by atoms with Crippen molar-refractivity contribution < 1.29 is 14.4 Å². The molecule has 3 aliphatic rings. The molecule has 3 fully saturated rings. The number of urea groups is 1. The molecule has 4 amide bonds. The van der Waals surface area contributed by atoms with Gasteiger partial charge in [0.05, 0.1) is 6.04 Å². The van der Waals surface area contributed by atoms with Crippen LogP contribution in [0.2, 0.25) is 0 Å². The van der Waals surface area contributed by atoms with Gasteiger partial charge in [-0.05, 0) is 19.8 Å². The smallest absolute Gasteiger partial charge is 0.324 e. The molecular formula is C15H24N4O3. The third kappa shape index (κ3) is 2.95. The van der Waals surface area contributed by atoms with Crippen LogP contribution in [0.3, 0.4) is 0 Å². The molecule has 7 heteroatoms. The summed E-state index contributed by atoms with van der Waals surface area (Å²) in [5.41, 5.74) is 0. The fourth-order valence-electron chi connectivity index (χ4n) is 3.62. The monoisotopic (exact) mass is 308 g/mol. The first-order valence-electron chi connectivity index (χ1n) is 8.22. The van der Waals surface area contributed by atoms with Crippen molar-refractivity contribution in [2.45, 2.75) is 57.2 Å². The van der Waals surface area contributed by atoms with Crippen LogP contribution in [0, 0.1) is 0 Å². The van der Waals surface area contributed by atoms with E-state index in [0.29, 0.717) is 25.7 Å². The minimum atomic E-state index is -0.453. The SMILES string of the molecule is C[C@H](C(=O)NC1CCCCC1)N1CCN2C(=O)NC(=O)[C@H]2C1. The summed E-state index contributed by atoms with van der Waals surface area (Å²) >= 11 is 0. The number of carbonyl (C=O) groups excluding carboxylic acids is 3. The van der Waals surface area contributed by atoms with Gasteiger partial charge in [0.2, 0.25) is 5.91 Å². The van der Waals surface area contributed by atoms with Gasteiger partial charge in [-0.15, -0.1) is 0 Å². The third-order valence-corrected chi connectivity index (χ3v) is 5.08. The topological polar surface area (TPSA) is 81.8 Å². The molecule has 0 aromatic rings. The lowest BCUT2D eigenvalue weighted by Crippen LogP contribution is -2.58. The van der Waals surface area contributed by atoms with Gasteiger partial charge in [-0.25, -0.2) is 4.79 Å². The number of nitrogens with one attached hydrogen (secondary N) is 2. The van der Waals surface area contributed by atoms with Crippen LogP contribution >= 0.6 is 0 Å². The van der Waals surface area contributed by atoms with E-state index in [-0.39, 0.29) is 23.9 Å². The van der Waals surface area contributed by atoms with Gasteiger partial charge in [-0.3, -0.25) is 19.8 Å². The Bertz CT molecular complexity index is 475. The average molecular weight is 308 g/mol. The van der Waals surface area contributed by atoms with Crippen LogP contribution in [0.1, 0.15) is 39.0 Å². The summed E-state index contributed by atoms with van der Waals surface area (Å²) in [5.74, 6) is -0.223. The second-order valence-electron chi connectivity index (χ2n) is 6.52. The van der Waals surface area contributed by atoms with Gasteiger partial charge in [0, 0.05) is 25.7 Å². The molecule has 122 valence electrons. The van der Waals surface area contributed by atoms with Crippen LogP contribution in [-0.2, 0) is 9.59 Å². The fraction of sp³-hybridized carbons (Fsp3) is 0.800. The van der Waals surface area contributed by atoms with Crippen LogP contribution < -0.4 is 10.6 Å². The number of nitrogens with zero attached hydrogens (tertiary/aromatic N) is 2. The van der Waals surface area contributed by atoms with E-state index in [9.17, 15) is 14.4 Å². The van der Waals surface area contributed by atoms with Crippen LogP contribution in [0.15, 0.2) is 0 Å². The number of amides is 4. The predicted molar refractivity (Wildman–Crippen MR) is 80.1 cm³/mol. The number of rotatable bonds is 3. The Morgan fingerprint density at radius 2 is 1.95 bits per heavy atom. The van der Waals surface area contributed by atoms with E-state index in [0.717, 1.165) is 12.8 Å². The molecule has 0 bridgehead atoms. The van der Waals surface area contributed by atoms with Crippen molar-refractivity contribution in [1.29, 1.82) is 0 Å². The van der Waals surface area contributed by atoms with E-state index < -0.39 is 6.04 Å². The Kier molecular flexibility index (Phi) is 4.33.